The highest BCUT2D eigenvalue weighted by Gasteiger charge is 2.17. The number of hydrogen-bond donors (Lipinski definition) is 0. The number of alkyl halides is 2. The van der Waals surface area contributed by atoms with Gasteiger partial charge in [-0.3, -0.25) is 0 Å². The van der Waals surface area contributed by atoms with Crippen molar-refractivity contribution in [3.05, 3.63) is 33.1 Å². The van der Waals surface area contributed by atoms with Crippen LogP contribution in [0, 0.1) is 0 Å². The van der Waals surface area contributed by atoms with E-state index in [2.05, 4.69) is 0 Å². The van der Waals surface area contributed by atoms with E-state index in [9.17, 15) is 8.78 Å². The highest BCUT2D eigenvalue weighted by atomic mass is 35.5. The van der Waals surface area contributed by atoms with Crippen LogP contribution in [0.3, 0.4) is 0 Å². The van der Waals surface area contributed by atoms with Crippen LogP contribution in [0.25, 0.3) is 10.1 Å². The third kappa shape index (κ3) is 1.60. The summed E-state index contributed by atoms with van der Waals surface area (Å²) in [6.07, 6.45) is -2.53. The van der Waals surface area contributed by atoms with Gasteiger partial charge in [-0.15, -0.1) is 11.3 Å². The molecule has 74 valence electrons. The summed E-state index contributed by atoms with van der Waals surface area (Å²) in [7, 11) is 0. The first-order valence-corrected chi connectivity index (χ1v) is 5.32. The minimum atomic E-state index is -2.53. The summed E-state index contributed by atoms with van der Waals surface area (Å²) >= 11 is 12.5. The van der Waals surface area contributed by atoms with Crippen LogP contribution in [0.5, 0.6) is 0 Å². The Morgan fingerprint density at radius 2 is 1.93 bits per heavy atom. The molecule has 0 aliphatic heterocycles. The van der Waals surface area contributed by atoms with Crippen molar-refractivity contribution in [1.29, 1.82) is 0 Å². The smallest absolute Gasteiger partial charge is 0.204 e. The van der Waals surface area contributed by atoms with Crippen molar-refractivity contribution in [1.82, 2.24) is 0 Å². The van der Waals surface area contributed by atoms with E-state index in [-0.39, 0.29) is 9.90 Å². The van der Waals surface area contributed by atoms with E-state index < -0.39 is 6.43 Å². The lowest BCUT2D eigenvalue weighted by molar-refractivity contribution is 0.156. The minimum absolute atomic E-state index is 0.0936. The van der Waals surface area contributed by atoms with Gasteiger partial charge in [0.15, 0.2) is 0 Å². The van der Waals surface area contributed by atoms with Gasteiger partial charge in [0.25, 0.3) is 6.43 Å². The van der Waals surface area contributed by atoms with Crippen LogP contribution in [-0.4, -0.2) is 0 Å². The first kappa shape index (κ1) is 10.1. The zero-order valence-electron chi connectivity index (χ0n) is 6.73. The maximum atomic E-state index is 12.5. The van der Waals surface area contributed by atoms with Gasteiger partial charge >= 0.3 is 0 Å². The first-order valence-electron chi connectivity index (χ1n) is 3.75. The lowest BCUT2D eigenvalue weighted by Gasteiger charge is -1.93. The Balaban J connectivity index is 2.73. The minimum Gasteiger partial charge on any atom is -0.204 e. The molecule has 0 nitrogen and oxygen atoms in total. The summed E-state index contributed by atoms with van der Waals surface area (Å²) in [5, 5.41) is 1.30. The Bertz CT molecular complexity index is 479. The number of thiophene rings is 1. The molecule has 0 spiro atoms. The molecule has 0 aliphatic rings. The van der Waals surface area contributed by atoms with Gasteiger partial charge in [-0.1, -0.05) is 29.3 Å². The zero-order chi connectivity index (χ0) is 10.3. The second-order valence-electron chi connectivity index (χ2n) is 2.72. The first-order chi connectivity index (χ1) is 6.59. The molecule has 0 bridgehead atoms. The van der Waals surface area contributed by atoms with Crippen LogP contribution in [0.1, 0.15) is 11.3 Å². The van der Waals surface area contributed by atoms with Crippen molar-refractivity contribution in [2.75, 3.05) is 0 Å². The highest BCUT2D eigenvalue weighted by Crippen LogP contribution is 2.41. The van der Waals surface area contributed by atoms with Gasteiger partial charge in [-0.05, 0) is 12.1 Å². The average molecular weight is 253 g/mol. The van der Waals surface area contributed by atoms with Crippen molar-refractivity contribution in [2.45, 2.75) is 6.43 Å². The van der Waals surface area contributed by atoms with Gasteiger partial charge in [0, 0.05) is 15.1 Å². The third-order valence-electron chi connectivity index (χ3n) is 1.81. The number of benzene rings is 1. The molecular formula is C9H4Cl2F2S. The fourth-order valence-electron chi connectivity index (χ4n) is 1.20. The summed E-state index contributed by atoms with van der Waals surface area (Å²) in [6, 6.07) is 4.93. The molecule has 1 aromatic carbocycles. The molecule has 0 amide bonds. The van der Waals surface area contributed by atoms with Gasteiger partial charge in [0.2, 0.25) is 0 Å². The third-order valence-corrected chi connectivity index (χ3v) is 3.73. The van der Waals surface area contributed by atoms with Crippen molar-refractivity contribution in [3.8, 4) is 0 Å². The summed E-state index contributed by atoms with van der Waals surface area (Å²) in [6.45, 7) is 0. The standard InChI is InChI=1S/C9H4Cl2F2S/c10-4-1-2-5-6(3-4)14-8(7(5)11)9(12)13/h1-3,9H. The summed E-state index contributed by atoms with van der Waals surface area (Å²) in [4.78, 5) is -0.0936. The monoisotopic (exact) mass is 252 g/mol. The van der Waals surface area contributed by atoms with Crippen LogP contribution >= 0.6 is 34.5 Å². The van der Waals surface area contributed by atoms with Crippen LogP contribution in [-0.2, 0) is 0 Å². The van der Waals surface area contributed by atoms with Gasteiger partial charge in [0.05, 0.1) is 9.90 Å². The van der Waals surface area contributed by atoms with Gasteiger partial charge < -0.3 is 0 Å². The summed E-state index contributed by atoms with van der Waals surface area (Å²) < 4.78 is 25.6. The fraction of sp³-hybridized carbons (Fsp3) is 0.111. The van der Waals surface area contributed by atoms with Crippen LogP contribution in [0.4, 0.5) is 8.78 Å². The van der Waals surface area contributed by atoms with Crippen LogP contribution in [0.2, 0.25) is 10.0 Å². The SMILES string of the molecule is FC(F)c1sc2cc(Cl)ccc2c1Cl. The molecule has 0 unspecified atom stereocenters. The Kier molecular flexibility index (Phi) is 2.64. The Morgan fingerprint density at radius 1 is 1.21 bits per heavy atom. The summed E-state index contributed by atoms with van der Waals surface area (Å²) in [5.74, 6) is 0. The molecule has 0 saturated heterocycles. The lowest BCUT2D eigenvalue weighted by Crippen LogP contribution is -1.76. The number of fused-ring (bicyclic) bond motifs is 1. The molecule has 0 atom stereocenters. The topological polar surface area (TPSA) is 0 Å². The molecule has 2 aromatic rings. The van der Waals surface area contributed by atoms with E-state index in [0.29, 0.717) is 15.1 Å². The quantitative estimate of drug-likeness (QED) is 0.659. The molecule has 0 radical (unpaired) electrons. The maximum Gasteiger partial charge on any atom is 0.274 e. The maximum absolute atomic E-state index is 12.5. The number of hydrogen-bond acceptors (Lipinski definition) is 1. The number of halogens is 4. The van der Waals surface area contributed by atoms with Crippen LogP contribution < -0.4 is 0 Å². The fourth-order valence-corrected chi connectivity index (χ4v) is 2.85. The van der Waals surface area contributed by atoms with Gasteiger partial charge in [-0.2, -0.15) is 0 Å². The predicted molar refractivity (Wildman–Crippen MR) is 56.8 cm³/mol. The lowest BCUT2D eigenvalue weighted by atomic mass is 10.2. The predicted octanol–water partition coefficient (Wildman–Crippen LogP) is 5.15. The van der Waals surface area contributed by atoms with Crippen molar-refractivity contribution in [3.63, 3.8) is 0 Å². The molecular weight excluding hydrogens is 249 g/mol. The molecule has 0 saturated carbocycles. The second-order valence-corrected chi connectivity index (χ2v) is 4.62. The van der Waals surface area contributed by atoms with Gasteiger partial charge in [-0.25, -0.2) is 8.78 Å². The Morgan fingerprint density at radius 3 is 2.57 bits per heavy atom. The van der Waals surface area contributed by atoms with E-state index in [4.69, 9.17) is 23.2 Å². The van der Waals surface area contributed by atoms with Gasteiger partial charge in [0.1, 0.15) is 0 Å². The van der Waals surface area contributed by atoms with Crippen LogP contribution in [0.15, 0.2) is 18.2 Å². The molecule has 0 N–H and O–H groups in total. The average Bonchev–Trinajstić information content (AvgIpc) is 2.43. The summed E-state index contributed by atoms with van der Waals surface area (Å²) in [5.41, 5.74) is 0. The molecule has 1 aromatic heterocycles. The second kappa shape index (κ2) is 3.65. The normalized spacial score (nSPS) is 11.5. The van der Waals surface area contributed by atoms with Crippen molar-refractivity contribution < 1.29 is 8.78 Å². The van der Waals surface area contributed by atoms with E-state index >= 15 is 0 Å². The Hall–Kier alpha value is -0.380. The molecule has 5 heteroatoms. The zero-order valence-corrected chi connectivity index (χ0v) is 9.06. The molecule has 14 heavy (non-hydrogen) atoms. The van der Waals surface area contributed by atoms with E-state index in [1.807, 2.05) is 0 Å². The highest BCUT2D eigenvalue weighted by molar-refractivity contribution is 7.19. The van der Waals surface area contributed by atoms with E-state index in [1.165, 1.54) is 0 Å². The number of rotatable bonds is 1. The largest absolute Gasteiger partial charge is 0.274 e. The molecule has 1 heterocycles. The Labute approximate surface area is 93.1 Å². The molecule has 0 aliphatic carbocycles. The van der Waals surface area contributed by atoms with Crippen molar-refractivity contribution >= 4 is 44.6 Å². The van der Waals surface area contributed by atoms with Crippen molar-refractivity contribution in [2.24, 2.45) is 0 Å². The van der Waals surface area contributed by atoms with E-state index in [1.54, 1.807) is 18.2 Å². The molecule has 2 rings (SSSR count). The van der Waals surface area contributed by atoms with E-state index in [0.717, 1.165) is 11.3 Å². The molecule has 0 fully saturated rings.